The number of nitriles is 1. The van der Waals surface area contributed by atoms with Gasteiger partial charge in [0, 0.05) is 43.8 Å². The first-order valence-electron chi connectivity index (χ1n) is 21.8. The van der Waals surface area contributed by atoms with Crippen molar-refractivity contribution >= 4 is 49.3 Å². The number of aromatic nitrogens is 4. The largest absolute Gasteiger partial charge is 0.308 e. The third-order valence-corrected chi connectivity index (χ3v) is 12.6. The molecular weight excluding hydrogens is 805 g/mol. The molecule has 0 unspecified atom stereocenters. The summed E-state index contributed by atoms with van der Waals surface area (Å²) in [5.74, 6) is 0. The van der Waals surface area contributed by atoms with E-state index in [2.05, 4.69) is 154 Å². The summed E-state index contributed by atoms with van der Waals surface area (Å²) >= 11 is 0. The molecule has 0 aliphatic carbocycles. The van der Waals surface area contributed by atoms with Gasteiger partial charge in [0.1, 0.15) is 11.6 Å². The van der Waals surface area contributed by atoms with Gasteiger partial charge in [0.2, 0.25) is 0 Å². The highest BCUT2D eigenvalue weighted by Gasteiger charge is 2.23. The molecular formula is C60H36N6. The molecule has 0 saturated carbocycles. The molecule has 0 bridgehead atoms. The van der Waals surface area contributed by atoms with E-state index in [0.717, 1.165) is 111 Å². The summed E-state index contributed by atoms with van der Waals surface area (Å²) in [6.07, 6.45) is 0. The fraction of sp³-hybridized carbons (Fsp3) is 0. The Morgan fingerprint density at radius 3 is 1.27 bits per heavy atom. The van der Waals surface area contributed by atoms with Crippen LogP contribution in [0.25, 0.3) is 116 Å². The molecule has 6 nitrogen and oxygen atoms in total. The monoisotopic (exact) mass is 840 g/mol. The molecule has 0 aliphatic heterocycles. The Hall–Kier alpha value is -9.36. The summed E-state index contributed by atoms with van der Waals surface area (Å²) in [7, 11) is 0. The lowest BCUT2D eigenvalue weighted by Gasteiger charge is -2.19. The molecule has 12 aromatic rings. The van der Waals surface area contributed by atoms with Gasteiger partial charge in [0.15, 0.2) is 5.69 Å². The molecule has 0 saturated heterocycles. The minimum Gasteiger partial charge on any atom is -0.308 e. The Balaban J connectivity index is 1.14. The number of hydrogen-bond donors (Lipinski definition) is 0. The molecule has 0 aliphatic rings. The van der Waals surface area contributed by atoms with E-state index in [1.54, 1.807) is 0 Å². The normalized spacial score (nSPS) is 11.3. The van der Waals surface area contributed by atoms with Crippen molar-refractivity contribution in [3.05, 3.63) is 235 Å². The number of para-hydroxylation sites is 2. The third-order valence-electron chi connectivity index (χ3n) is 12.6. The molecule has 6 heteroatoms. The molecule has 306 valence electrons. The van der Waals surface area contributed by atoms with Crippen molar-refractivity contribution in [2.45, 2.75) is 0 Å². The van der Waals surface area contributed by atoms with Crippen molar-refractivity contribution in [3.8, 4) is 73.6 Å². The van der Waals surface area contributed by atoms with Crippen LogP contribution in [0.4, 0.5) is 5.69 Å². The van der Waals surface area contributed by atoms with Crippen molar-refractivity contribution in [3.63, 3.8) is 0 Å². The summed E-state index contributed by atoms with van der Waals surface area (Å²) < 4.78 is 4.47. The van der Waals surface area contributed by atoms with Gasteiger partial charge in [-0.2, -0.15) is 5.26 Å². The standard InChI is InChI=1S/C60H36N6/c1-62-45-20-12-19-41(33-45)44-36-59(65-55-27-10-8-21-46(55)48-31-29-42(34-57(48)65)53-25-13-23-51(63-53)39-15-4-2-5-16-39)50(38-61)60(37-44)66-56-28-11-9-22-47(56)49-32-30-43(35-58(49)66)54-26-14-24-52(64-54)40-17-6-3-7-18-40/h2-37H. The van der Waals surface area contributed by atoms with Gasteiger partial charge in [-0.15, -0.1) is 0 Å². The van der Waals surface area contributed by atoms with Crippen LogP contribution in [-0.2, 0) is 0 Å². The Kier molecular flexibility index (Phi) is 9.16. The van der Waals surface area contributed by atoms with E-state index in [1.165, 1.54) is 0 Å². The first kappa shape index (κ1) is 38.3. The minimum absolute atomic E-state index is 0.509. The Bertz CT molecular complexity index is 3740. The zero-order chi connectivity index (χ0) is 44.1. The topological polar surface area (TPSA) is 63.8 Å². The van der Waals surface area contributed by atoms with Crippen molar-refractivity contribution in [1.29, 1.82) is 5.26 Å². The van der Waals surface area contributed by atoms with E-state index >= 15 is 0 Å². The van der Waals surface area contributed by atoms with Crippen LogP contribution < -0.4 is 0 Å². The number of pyridine rings is 2. The predicted molar refractivity (Wildman–Crippen MR) is 269 cm³/mol. The number of fused-ring (bicyclic) bond motifs is 6. The summed E-state index contributed by atoms with van der Waals surface area (Å²) in [5, 5.41) is 15.9. The third kappa shape index (κ3) is 6.41. The van der Waals surface area contributed by atoms with Crippen LogP contribution in [0.3, 0.4) is 0 Å². The molecule has 0 spiro atoms. The van der Waals surface area contributed by atoms with Gasteiger partial charge in [-0.05, 0) is 77.9 Å². The van der Waals surface area contributed by atoms with Crippen molar-refractivity contribution < 1.29 is 0 Å². The van der Waals surface area contributed by atoms with Gasteiger partial charge >= 0.3 is 0 Å². The maximum absolute atomic E-state index is 11.6. The smallest absolute Gasteiger partial charge is 0.187 e. The zero-order valence-corrected chi connectivity index (χ0v) is 35.5. The van der Waals surface area contributed by atoms with E-state index in [9.17, 15) is 5.26 Å². The zero-order valence-electron chi connectivity index (χ0n) is 35.5. The second-order valence-electron chi connectivity index (χ2n) is 16.4. The fourth-order valence-electron chi connectivity index (χ4n) is 9.51. The average molecular weight is 841 g/mol. The summed E-state index contributed by atoms with van der Waals surface area (Å²) in [4.78, 5) is 14.1. The molecule has 0 radical (unpaired) electrons. The number of benzene rings is 8. The molecule has 0 N–H and O–H groups in total. The van der Waals surface area contributed by atoms with Gasteiger partial charge in [-0.1, -0.05) is 152 Å². The van der Waals surface area contributed by atoms with Crippen LogP contribution in [0.5, 0.6) is 0 Å². The quantitative estimate of drug-likeness (QED) is 0.150. The van der Waals surface area contributed by atoms with E-state index in [-0.39, 0.29) is 0 Å². The SMILES string of the molecule is [C-]#[N+]c1cccc(-c2cc(-n3c4ccccc4c4ccc(-c5cccc(-c6ccccc6)n5)cc43)c(C#N)c(-n3c4ccccc4c4ccc(-c5cccc(-c6ccccc6)n5)cc43)c2)c1. The lowest BCUT2D eigenvalue weighted by atomic mass is 9.99. The Labute approximate surface area is 381 Å². The molecule has 4 heterocycles. The Morgan fingerprint density at radius 2 is 0.788 bits per heavy atom. The summed E-state index contributed by atoms with van der Waals surface area (Å²) in [6, 6.07) is 77.2. The van der Waals surface area contributed by atoms with Crippen LogP contribution in [0.1, 0.15) is 5.56 Å². The second kappa shape index (κ2) is 15.8. The maximum Gasteiger partial charge on any atom is 0.187 e. The van der Waals surface area contributed by atoms with Gasteiger partial charge in [-0.3, -0.25) is 0 Å². The minimum atomic E-state index is 0.509. The summed E-state index contributed by atoms with van der Waals surface area (Å²) in [5.41, 5.74) is 15.6. The average Bonchev–Trinajstić information content (AvgIpc) is 3.91. The van der Waals surface area contributed by atoms with E-state index < -0.39 is 0 Å². The lowest BCUT2D eigenvalue weighted by Crippen LogP contribution is -2.05. The number of hydrogen-bond acceptors (Lipinski definition) is 3. The fourth-order valence-corrected chi connectivity index (χ4v) is 9.51. The van der Waals surface area contributed by atoms with Crippen LogP contribution in [0, 0.1) is 17.9 Å². The van der Waals surface area contributed by atoms with Gasteiger partial charge in [-0.25, -0.2) is 14.8 Å². The van der Waals surface area contributed by atoms with E-state index in [1.807, 2.05) is 84.9 Å². The number of rotatable bonds is 7. The van der Waals surface area contributed by atoms with Crippen LogP contribution in [-0.4, -0.2) is 19.1 Å². The highest BCUT2D eigenvalue weighted by molar-refractivity contribution is 6.12. The first-order valence-corrected chi connectivity index (χ1v) is 21.8. The predicted octanol–water partition coefficient (Wildman–Crippen LogP) is 15.4. The molecule has 0 amide bonds. The van der Waals surface area contributed by atoms with Gasteiger partial charge in [0.05, 0.1) is 62.8 Å². The molecule has 12 rings (SSSR count). The van der Waals surface area contributed by atoms with Gasteiger partial charge in [0.25, 0.3) is 0 Å². The van der Waals surface area contributed by atoms with Crippen LogP contribution in [0.2, 0.25) is 0 Å². The molecule has 0 fully saturated rings. The first-order chi connectivity index (χ1) is 32.6. The van der Waals surface area contributed by atoms with Crippen molar-refractivity contribution in [2.75, 3.05) is 0 Å². The van der Waals surface area contributed by atoms with E-state index in [0.29, 0.717) is 11.3 Å². The Morgan fingerprint density at radius 1 is 0.364 bits per heavy atom. The van der Waals surface area contributed by atoms with E-state index in [4.69, 9.17) is 16.5 Å². The van der Waals surface area contributed by atoms with Crippen molar-refractivity contribution in [1.82, 2.24) is 19.1 Å². The molecule has 66 heavy (non-hydrogen) atoms. The maximum atomic E-state index is 11.6. The molecule has 4 aromatic heterocycles. The van der Waals surface area contributed by atoms with Crippen LogP contribution in [0.15, 0.2) is 218 Å². The highest BCUT2D eigenvalue weighted by atomic mass is 15.0. The molecule has 0 atom stereocenters. The highest BCUT2D eigenvalue weighted by Crippen LogP contribution is 2.42. The van der Waals surface area contributed by atoms with Gasteiger partial charge < -0.3 is 9.13 Å². The lowest BCUT2D eigenvalue weighted by molar-refractivity contribution is 1.12. The summed E-state index contributed by atoms with van der Waals surface area (Å²) in [6.45, 7) is 7.91. The molecule has 8 aromatic carbocycles. The second-order valence-corrected chi connectivity index (χ2v) is 16.4. The van der Waals surface area contributed by atoms with Crippen LogP contribution >= 0.6 is 0 Å². The van der Waals surface area contributed by atoms with Crippen molar-refractivity contribution in [2.24, 2.45) is 0 Å². The number of nitrogens with zero attached hydrogens (tertiary/aromatic N) is 6.